The molecule has 1 amide bonds. The van der Waals surface area contributed by atoms with Crippen LogP contribution in [-0.2, 0) is 16.1 Å². The van der Waals surface area contributed by atoms with Crippen molar-refractivity contribution in [2.24, 2.45) is 0 Å². The van der Waals surface area contributed by atoms with E-state index in [2.05, 4.69) is 10.1 Å². The molecular weight excluding hydrogens is 266 g/mol. The van der Waals surface area contributed by atoms with Gasteiger partial charge in [-0.15, -0.1) is 0 Å². The molecule has 0 saturated heterocycles. The molecule has 3 nitrogen and oxygen atoms in total. The van der Waals surface area contributed by atoms with Crippen molar-refractivity contribution >= 4 is 5.91 Å². The van der Waals surface area contributed by atoms with Gasteiger partial charge in [-0.3, -0.25) is 4.79 Å². The Kier molecular flexibility index (Phi) is 5.75. The zero-order valence-corrected chi connectivity index (χ0v) is 9.97. The number of hydrogen-bond donors (Lipinski definition) is 1. The van der Waals surface area contributed by atoms with E-state index in [1.807, 2.05) is 0 Å². The number of carbonyl (C=O) groups is 1. The summed E-state index contributed by atoms with van der Waals surface area (Å²) < 4.78 is 52.6. The Morgan fingerprint density at radius 1 is 1.26 bits per heavy atom. The van der Waals surface area contributed by atoms with Gasteiger partial charge in [0.05, 0.1) is 6.61 Å². The average molecular weight is 279 g/mol. The summed E-state index contributed by atoms with van der Waals surface area (Å²) in [5.74, 6) is -0.943. The van der Waals surface area contributed by atoms with Crippen LogP contribution in [0.5, 0.6) is 0 Å². The van der Waals surface area contributed by atoms with Crippen LogP contribution in [0, 0.1) is 5.82 Å². The molecule has 0 spiro atoms. The van der Waals surface area contributed by atoms with Crippen LogP contribution in [0.2, 0.25) is 0 Å². The maximum Gasteiger partial charge on any atom is 0.411 e. The van der Waals surface area contributed by atoms with Crippen LogP contribution < -0.4 is 5.32 Å². The third kappa shape index (κ3) is 6.76. The van der Waals surface area contributed by atoms with Gasteiger partial charge < -0.3 is 10.1 Å². The molecule has 0 unspecified atom stereocenters. The molecule has 1 aromatic carbocycles. The Morgan fingerprint density at radius 3 is 2.58 bits per heavy atom. The third-order valence-corrected chi connectivity index (χ3v) is 2.17. The Labute approximate surface area is 107 Å². The highest BCUT2D eigenvalue weighted by molar-refractivity contribution is 5.75. The molecule has 0 fully saturated rings. The summed E-state index contributed by atoms with van der Waals surface area (Å²) in [6.07, 6.45) is -4.60. The molecule has 106 valence electrons. The highest BCUT2D eigenvalue weighted by Crippen LogP contribution is 2.14. The number of amides is 1. The minimum Gasteiger partial charge on any atom is -0.372 e. The molecule has 0 saturated carbocycles. The number of ether oxygens (including phenoxy) is 1. The van der Waals surface area contributed by atoms with E-state index in [4.69, 9.17) is 0 Å². The summed E-state index contributed by atoms with van der Waals surface area (Å²) in [7, 11) is 0. The number of carbonyl (C=O) groups excluding carboxylic acids is 1. The van der Waals surface area contributed by atoms with Crippen molar-refractivity contribution in [3.05, 3.63) is 35.6 Å². The second kappa shape index (κ2) is 7.08. The van der Waals surface area contributed by atoms with Gasteiger partial charge in [0, 0.05) is 18.5 Å². The van der Waals surface area contributed by atoms with Gasteiger partial charge in [0.2, 0.25) is 5.91 Å². The number of rotatable bonds is 6. The fourth-order valence-electron chi connectivity index (χ4n) is 1.28. The Hall–Kier alpha value is -1.63. The SMILES string of the molecule is O=C(CCOCC(F)(F)F)NCc1ccccc1F. The second-order valence-corrected chi connectivity index (χ2v) is 3.79. The van der Waals surface area contributed by atoms with Gasteiger partial charge in [-0.05, 0) is 6.07 Å². The van der Waals surface area contributed by atoms with Crippen LogP contribution in [0.25, 0.3) is 0 Å². The zero-order chi connectivity index (χ0) is 14.3. The summed E-state index contributed by atoms with van der Waals surface area (Å²) in [5.41, 5.74) is 0.312. The van der Waals surface area contributed by atoms with Crippen LogP contribution in [0.3, 0.4) is 0 Å². The lowest BCUT2D eigenvalue weighted by atomic mass is 10.2. The standard InChI is InChI=1S/C12H13F4NO2/c13-10-4-2-1-3-9(10)7-17-11(18)5-6-19-8-12(14,15)16/h1-4H,5-8H2,(H,17,18). The highest BCUT2D eigenvalue weighted by atomic mass is 19.4. The zero-order valence-electron chi connectivity index (χ0n) is 9.97. The van der Waals surface area contributed by atoms with Crippen molar-refractivity contribution in [3.63, 3.8) is 0 Å². The van der Waals surface area contributed by atoms with Gasteiger partial charge >= 0.3 is 6.18 Å². The molecule has 1 rings (SSSR count). The smallest absolute Gasteiger partial charge is 0.372 e. The van der Waals surface area contributed by atoms with Crippen LogP contribution in [0.1, 0.15) is 12.0 Å². The summed E-state index contributed by atoms with van der Waals surface area (Å²) >= 11 is 0. The topological polar surface area (TPSA) is 38.3 Å². The minimum atomic E-state index is -4.40. The van der Waals surface area contributed by atoms with Crippen LogP contribution in [-0.4, -0.2) is 25.3 Å². The molecule has 0 aliphatic carbocycles. The van der Waals surface area contributed by atoms with Gasteiger partial charge in [-0.2, -0.15) is 13.2 Å². The fraction of sp³-hybridized carbons (Fsp3) is 0.417. The van der Waals surface area contributed by atoms with E-state index in [0.29, 0.717) is 5.56 Å². The molecule has 0 aliphatic heterocycles. The molecule has 7 heteroatoms. The maximum absolute atomic E-state index is 13.2. The lowest BCUT2D eigenvalue weighted by molar-refractivity contribution is -0.174. The van der Waals surface area contributed by atoms with Crippen LogP contribution in [0.15, 0.2) is 24.3 Å². The van der Waals surface area contributed by atoms with Crippen molar-refractivity contribution in [3.8, 4) is 0 Å². The lowest BCUT2D eigenvalue weighted by Crippen LogP contribution is -2.25. The number of benzene rings is 1. The van der Waals surface area contributed by atoms with Crippen molar-refractivity contribution in [1.82, 2.24) is 5.32 Å². The highest BCUT2D eigenvalue weighted by Gasteiger charge is 2.27. The van der Waals surface area contributed by atoms with Gasteiger partial charge in [0.1, 0.15) is 12.4 Å². The van der Waals surface area contributed by atoms with Crippen LogP contribution in [0.4, 0.5) is 17.6 Å². The predicted octanol–water partition coefficient (Wildman–Crippen LogP) is 2.41. The van der Waals surface area contributed by atoms with Gasteiger partial charge in [0.15, 0.2) is 0 Å². The number of hydrogen-bond acceptors (Lipinski definition) is 2. The molecule has 0 bridgehead atoms. The first kappa shape index (κ1) is 15.4. The fourth-order valence-corrected chi connectivity index (χ4v) is 1.28. The lowest BCUT2D eigenvalue weighted by Gasteiger charge is -2.08. The summed E-state index contributed by atoms with van der Waals surface area (Å²) in [4.78, 5) is 11.3. The summed E-state index contributed by atoms with van der Waals surface area (Å²) in [6.45, 7) is -1.72. The molecule has 1 N–H and O–H groups in total. The summed E-state index contributed by atoms with van der Waals surface area (Å²) in [5, 5.41) is 2.40. The third-order valence-electron chi connectivity index (χ3n) is 2.17. The van der Waals surface area contributed by atoms with Crippen molar-refractivity contribution < 1.29 is 27.1 Å². The van der Waals surface area contributed by atoms with Gasteiger partial charge in [-0.1, -0.05) is 18.2 Å². The van der Waals surface area contributed by atoms with E-state index in [9.17, 15) is 22.4 Å². The average Bonchev–Trinajstić information content (AvgIpc) is 2.32. The van der Waals surface area contributed by atoms with Crippen molar-refractivity contribution in [2.75, 3.05) is 13.2 Å². The van der Waals surface area contributed by atoms with E-state index in [-0.39, 0.29) is 19.6 Å². The van der Waals surface area contributed by atoms with E-state index in [0.717, 1.165) is 0 Å². The predicted molar refractivity (Wildman–Crippen MR) is 59.7 cm³/mol. The van der Waals surface area contributed by atoms with E-state index >= 15 is 0 Å². The number of nitrogens with one attached hydrogen (secondary N) is 1. The maximum atomic E-state index is 13.2. The first-order valence-electron chi connectivity index (χ1n) is 5.53. The molecule has 0 atom stereocenters. The number of halogens is 4. The molecule has 0 aromatic heterocycles. The molecule has 19 heavy (non-hydrogen) atoms. The molecule has 0 heterocycles. The number of alkyl halides is 3. The Bertz CT molecular complexity index is 420. The molecule has 0 aliphatic rings. The van der Waals surface area contributed by atoms with Crippen LogP contribution >= 0.6 is 0 Å². The van der Waals surface area contributed by atoms with Crippen molar-refractivity contribution in [1.29, 1.82) is 0 Å². The largest absolute Gasteiger partial charge is 0.411 e. The van der Waals surface area contributed by atoms with Gasteiger partial charge in [-0.25, -0.2) is 4.39 Å². The first-order valence-corrected chi connectivity index (χ1v) is 5.53. The molecule has 0 radical (unpaired) electrons. The van der Waals surface area contributed by atoms with Gasteiger partial charge in [0.25, 0.3) is 0 Å². The first-order chi connectivity index (χ1) is 8.88. The monoisotopic (exact) mass is 279 g/mol. The summed E-state index contributed by atoms with van der Waals surface area (Å²) in [6, 6.07) is 5.91. The van der Waals surface area contributed by atoms with E-state index in [1.165, 1.54) is 18.2 Å². The van der Waals surface area contributed by atoms with E-state index in [1.54, 1.807) is 6.07 Å². The Morgan fingerprint density at radius 2 is 1.95 bits per heavy atom. The quantitative estimate of drug-likeness (QED) is 0.641. The van der Waals surface area contributed by atoms with E-state index < -0.39 is 24.5 Å². The Balaban J connectivity index is 2.20. The minimum absolute atomic E-state index is 0.00915. The normalized spacial score (nSPS) is 11.4. The second-order valence-electron chi connectivity index (χ2n) is 3.79. The van der Waals surface area contributed by atoms with Crippen molar-refractivity contribution in [2.45, 2.75) is 19.1 Å². The molecule has 1 aromatic rings. The molecular formula is C12H13F4NO2.